The summed E-state index contributed by atoms with van der Waals surface area (Å²) in [6.45, 7) is 0. The van der Waals surface area contributed by atoms with Crippen molar-refractivity contribution in [2.24, 2.45) is 0 Å². The molecule has 3 rings (SSSR count). The number of carbonyl (C=O) groups excluding carboxylic acids is 1. The molecule has 1 atom stereocenters. The molecule has 3 heteroatoms. The molecule has 0 N–H and O–H groups in total. The van der Waals surface area contributed by atoms with Gasteiger partial charge in [-0.25, -0.2) is 0 Å². The predicted molar refractivity (Wildman–Crippen MR) is 87.5 cm³/mol. The Balaban J connectivity index is 1.69. The Morgan fingerprint density at radius 1 is 0.952 bits per heavy atom. The highest BCUT2D eigenvalue weighted by molar-refractivity contribution is 9.10. The largest absolute Gasteiger partial charge is 0.490 e. The molecule has 1 fully saturated rings. The van der Waals surface area contributed by atoms with Crippen LogP contribution in [0.2, 0.25) is 0 Å². The molecular formula is C18H17BrO2. The lowest BCUT2D eigenvalue weighted by molar-refractivity contribution is -0.122. The van der Waals surface area contributed by atoms with Crippen molar-refractivity contribution in [2.45, 2.75) is 31.8 Å². The molecule has 2 aromatic rings. The predicted octanol–water partition coefficient (Wildman–Crippen LogP) is 5.01. The van der Waals surface area contributed by atoms with Crippen molar-refractivity contribution in [3.8, 4) is 16.9 Å². The maximum Gasteiger partial charge on any atom is 0.136 e. The van der Waals surface area contributed by atoms with Gasteiger partial charge < -0.3 is 4.74 Å². The van der Waals surface area contributed by atoms with Crippen LogP contribution in [0.5, 0.6) is 5.75 Å². The van der Waals surface area contributed by atoms with Gasteiger partial charge in [-0.2, -0.15) is 0 Å². The van der Waals surface area contributed by atoms with Crippen LogP contribution in [0.3, 0.4) is 0 Å². The van der Waals surface area contributed by atoms with E-state index in [2.05, 4.69) is 40.2 Å². The highest BCUT2D eigenvalue weighted by Crippen LogP contribution is 2.26. The maximum atomic E-state index is 11.4. The number of Topliss-reactive ketones (excluding diaryl/α,β-unsaturated/α-hetero) is 1. The van der Waals surface area contributed by atoms with Crippen LogP contribution < -0.4 is 4.74 Å². The minimum absolute atomic E-state index is 0.0461. The average molecular weight is 345 g/mol. The van der Waals surface area contributed by atoms with Crippen molar-refractivity contribution in [2.75, 3.05) is 0 Å². The number of rotatable bonds is 3. The van der Waals surface area contributed by atoms with E-state index in [1.165, 1.54) is 5.56 Å². The SMILES string of the molecule is O=C1CCCC(Oc2ccc(-c3ccc(Br)cc3)cc2)C1. The topological polar surface area (TPSA) is 26.3 Å². The van der Waals surface area contributed by atoms with Crippen LogP contribution >= 0.6 is 15.9 Å². The third-order valence-electron chi connectivity index (χ3n) is 3.77. The monoisotopic (exact) mass is 344 g/mol. The number of ketones is 1. The number of halogens is 1. The molecule has 0 amide bonds. The summed E-state index contributed by atoms with van der Waals surface area (Å²) in [4.78, 5) is 11.4. The van der Waals surface area contributed by atoms with Gasteiger partial charge in [-0.05, 0) is 48.2 Å². The molecule has 0 aliphatic heterocycles. The van der Waals surface area contributed by atoms with E-state index in [9.17, 15) is 4.79 Å². The second-order valence-electron chi connectivity index (χ2n) is 5.41. The minimum atomic E-state index is 0.0461. The number of hydrogen-bond donors (Lipinski definition) is 0. The molecule has 0 saturated heterocycles. The second-order valence-corrected chi connectivity index (χ2v) is 6.32. The van der Waals surface area contributed by atoms with Crippen LogP contribution in [0.15, 0.2) is 53.0 Å². The third kappa shape index (κ3) is 3.73. The molecule has 2 nitrogen and oxygen atoms in total. The van der Waals surface area contributed by atoms with Crippen molar-refractivity contribution in [3.05, 3.63) is 53.0 Å². The second kappa shape index (κ2) is 6.44. The molecule has 108 valence electrons. The first-order valence-corrected chi connectivity index (χ1v) is 8.04. The first-order chi connectivity index (χ1) is 10.2. The van der Waals surface area contributed by atoms with Gasteiger partial charge in [-0.1, -0.05) is 40.2 Å². The molecule has 0 bridgehead atoms. The van der Waals surface area contributed by atoms with Gasteiger partial charge in [0.25, 0.3) is 0 Å². The van der Waals surface area contributed by atoms with Crippen LogP contribution in [-0.2, 0) is 4.79 Å². The summed E-state index contributed by atoms with van der Waals surface area (Å²) in [5, 5.41) is 0. The van der Waals surface area contributed by atoms with E-state index in [0.717, 1.165) is 28.6 Å². The molecule has 1 saturated carbocycles. The first kappa shape index (κ1) is 14.3. The summed E-state index contributed by atoms with van der Waals surface area (Å²) in [5.41, 5.74) is 2.34. The Bertz CT molecular complexity index is 617. The maximum absolute atomic E-state index is 11.4. The Kier molecular flexibility index (Phi) is 4.39. The average Bonchev–Trinajstić information content (AvgIpc) is 2.49. The van der Waals surface area contributed by atoms with E-state index in [4.69, 9.17) is 4.74 Å². The van der Waals surface area contributed by atoms with E-state index in [0.29, 0.717) is 18.6 Å². The van der Waals surface area contributed by atoms with Crippen LogP contribution in [0.4, 0.5) is 0 Å². The summed E-state index contributed by atoms with van der Waals surface area (Å²) >= 11 is 3.44. The van der Waals surface area contributed by atoms with Gasteiger partial charge in [0.05, 0.1) is 0 Å². The first-order valence-electron chi connectivity index (χ1n) is 7.25. The summed E-state index contributed by atoms with van der Waals surface area (Å²) in [7, 11) is 0. The summed E-state index contributed by atoms with van der Waals surface area (Å²) < 4.78 is 6.98. The lowest BCUT2D eigenvalue weighted by Gasteiger charge is -2.22. The molecule has 0 spiro atoms. The standard InChI is InChI=1S/C18H17BrO2/c19-15-8-4-13(5-9-15)14-6-10-17(11-7-14)21-18-3-1-2-16(20)12-18/h4-11,18H,1-3,12H2. The van der Waals surface area contributed by atoms with Gasteiger partial charge in [0.2, 0.25) is 0 Å². The van der Waals surface area contributed by atoms with Gasteiger partial charge in [0.15, 0.2) is 0 Å². The van der Waals surface area contributed by atoms with Crippen molar-refractivity contribution < 1.29 is 9.53 Å². The van der Waals surface area contributed by atoms with E-state index < -0.39 is 0 Å². The zero-order valence-electron chi connectivity index (χ0n) is 11.7. The van der Waals surface area contributed by atoms with Crippen molar-refractivity contribution in [1.29, 1.82) is 0 Å². The molecule has 0 radical (unpaired) electrons. The minimum Gasteiger partial charge on any atom is -0.490 e. The molecule has 1 unspecified atom stereocenters. The quantitative estimate of drug-likeness (QED) is 0.782. The molecule has 0 aromatic heterocycles. The van der Waals surface area contributed by atoms with Crippen LogP contribution in [0.1, 0.15) is 25.7 Å². The Labute approximate surface area is 133 Å². The van der Waals surface area contributed by atoms with E-state index in [1.807, 2.05) is 24.3 Å². The highest BCUT2D eigenvalue weighted by atomic mass is 79.9. The molecular weight excluding hydrogens is 328 g/mol. The number of hydrogen-bond acceptors (Lipinski definition) is 2. The lowest BCUT2D eigenvalue weighted by atomic mass is 9.96. The van der Waals surface area contributed by atoms with E-state index >= 15 is 0 Å². The number of benzene rings is 2. The molecule has 1 aliphatic carbocycles. The van der Waals surface area contributed by atoms with Gasteiger partial charge in [-0.3, -0.25) is 4.79 Å². The van der Waals surface area contributed by atoms with Crippen LogP contribution in [0.25, 0.3) is 11.1 Å². The van der Waals surface area contributed by atoms with Gasteiger partial charge >= 0.3 is 0 Å². The number of carbonyl (C=O) groups is 1. The van der Waals surface area contributed by atoms with Crippen molar-refractivity contribution >= 4 is 21.7 Å². The molecule has 1 aliphatic rings. The zero-order valence-corrected chi connectivity index (χ0v) is 13.3. The van der Waals surface area contributed by atoms with Gasteiger partial charge in [0, 0.05) is 17.3 Å². The highest BCUT2D eigenvalue weighted by Gasteiger charge is 2.20. The van der Waals surface area contributed by atoms with Crippen molar-refractivity contribution in [3.63, 3.8) is 0 Å². The fourth-order valence-electron chi connectivity index (χ4n) is 2.65. The van der Waals surface area contributed by atoms with Crippen LogP contribution in [0, 0.1) is 0 Å². The van der Waals surface area contributed by atoms with E-state index in [1.54, 1.807) is 0 Å². The zero-order chi connectivity index (χ0) is 14.7. The van der Waals surface area contributed by atoms with Gasteiger partial charge in [-0.15, -0.1) is 0 Å². The summed E-state index contributed by atoms with van der Waals surface area (Å²) in [6.07, 6.45) is 3.22. The normalized spacial score (nSPS) is 18.5. The molecule has 2 aromatic carbocycles. The van der Waals surface area contributed by atoms with Crippen LogP contribution in [-0.4, -0.2) is 11.9 Å². The Morgan fingerprint density at radius 3 is 2.19 bits per heavy atom. The Hall–Kier alpha value is -1.61. The fraction of sp³-hybridized carbons (Fsp3) is 0.278. The van der Waals surface area contributed by atoms with E-state index in [-0.39, 0.29) is 6.10 Å². The third-order valence-corrected chi connectivity index (χ3v) is 4.30. The van der Waals surface area contributed by atoms with Crippen molar-refractivity contribution in [1.82, 2.24) is 0 Å². The smallest absolute Gasteiger partial charge is 0.136 e. The Morgan fingerprint density at radius 2 is 1.57 bits per heavy atom. The van der Waals surface area contributed by atoms with Gasteiger partial charge in [0.1, 0.15) is 17.6 Å². The summed E-state index contributed by atoms with van der Waals surface area (Å²) in [6, 6.07) is 16.3. The lowest BCUT2D eigenvalue weighted by Crippen LogP contribution is -2.25. The fourth-order valence-corrected chi connectivity index (χ4v) is 2.91. The summed E-state index contributed by atoms with van der Waals surface area (Å²) in [5.74, 6) is 1.16. The number of ether oxygens (including phenoxy) is 1. The molecule has 21 heavy (non-hydrogen) atoms. The molecule has 0 heterocycles.